The number of nitrogens with one attached hydrogen (secondary N) is 1. The van der Waals surface area contributed by atoms with Gasteiger partial charge in [-0.2, -0.15) is 0 Å². The van der Waals surface area contributed by atoms with E-state index in [2.05, 4.69) is 5.32 Å². The molecule has 0 aliphatic carbocycles. The van der Waals surface area contributed by atoms with E-state index >= 15 is 0 Å². The lowest BCUT2D eigenvalue weighted by Gasteiger charge is -2.19. The lowest BCUT2D eigenvalue weighted by atomic mass is 10.1. The summed E-state index contributed by atoms with van der Waals surface area (Å²) < 4.78 is 11.0. The average Bonchev–Trinajstić information content (AvgIpc) is 3.05. The van der Waals surface area contributed by atoms with Crippen LogP contribution in [0.3, 0.4) is 0 Å². The molecule has 124 valence electrons. The monoisotopic (exact) mass is 319 g/mol. The Bertz CT molecular complexity index is 605. The SMILES string of the molecule is NC(=O)C1CCN(C(=O)NCCc2ccc3c(c2)OCCO3)C1. The molecule has 1 atom stereocenters. The maximum Gasteiger partial charge on any atom is 0.317 e. The van der Waals surface area contributed by atoms with Crippen LogP contribution in [0.2, 0.25) is 0 Å². The molecule has 1 saturated heterocycles. The Morgan fingerprint density at radius 3 is 2.78 bits per heavy atom. The number of carbonyl (C=O) groups is 2. The third-order valence-electron chi connectivity index (χ3n) is 4.17. The fraction of sp³-hybridized carbons (Fsp3) is 0.500. The van der Waals surface area contributed by atoms with Crippen LogP contribution in [0.5, 0.6) is 11.5 Å². The molecule has 2 aliphatic heterocycles. The zero-order valence-electron chi connectivity index (χ0n) is 12.9. The second-order valence-electron chi connectivity index (χ2n) is 5.79. The topological polar surface area (TPSA) is 93.9 Å². The van der Waals surface area contributed by atoms with Crippen molar-refractivity contribution in [3.63, 3.8) is 0 Å². The summed E-state index contributed by atoms with van der Waals surface area (Å²) in [4.78, 5) is 24.8. The predicted molar refractivity (Wildman–Crippen MR) is 83.4 cm³/mol. The number of amides is 3. The minimum atomic E-state index is -0.337. The number of likely N-dealkylation sites (tertiary alicyclic amines) is 1. The average molecular weight is 319 g/mol. The highest BCUT2D eigenvalue weighted by molar-refractivity contribution is 5.80. The molecule has 1 fully saturated rings. The van der Waals surface area contributed by atoms with Crippen molar-refractivity contribution in [2.45, 2.75) is 12.8 Å². The van der Waals surface area contributed by atoms with Crippen LogP contribution in [-0.4, -0.2) is 49.7 Å². The van der Waals surface area contributed by atoms with Gasteiger partial charge in [0.05, 0.1) is 5.92 Å². The Balaban J connectivity index is 1.46. The number of nitrogens with two attached hydrogens (primary N) is 1. The molecule has 7 nitrogen and oxygen atoms in total. The first-order valence-corrected chi connectivity index (χ1v) is 7.84. The summed E-state index contributed by atoms with van der Waals surface area (Å²) >= 11 is 0. The van der Waals surface area contributed by atoms with Gasteiger partial charge >= 0.3 is 6.03 Å². The molecule has 3 N–H and O–H groups in total. The Labute approximate surface area is 134 Å². The fourth-order valence-electron chi connectivity index (χ4n) is 2.85. The molecule has 1 aromatic carbocycles. The standard InChI is InChI=1S/C16H21N3O4/c17-15(20)12-4-6-19(10-12)16(21)18-5-3-11-1-2-13-14(9-11)23-8-7-22-13/h1-2,9,12H,3-8,10H2,(H2,17,20)(H,18,21). The molecular weight excluding hydrogens is 298 g/mol. The lowest BCUT2D eigenvalue weighted by molar-refractivity contribution is -0.121. The van der Waals surface area contributed by atoms with Gasteiger partial charge in [0.15, 0.2) is 11.5 Å². The summed E-state index contributed by atoms with van der Waals surface area (Å²) in [6, 6.07) is 5.66. The van der Waals surface area contributed by atoms with Gasteiger partial charge in [0, 0.05) is 19.6 Å². The Hall–Kier alpha value is -2.44. The number of benzene rings is 1. The highest BCUT2D eigenvalue weighted by atomic mass is 16.6. The maximum absolute atomic E-state index is 12.1. The van der Waals surface area contributed by atoms with Gasteiger partial charge in [-0.15, -0.1) is 0 Å². The normalized spacial score (nSPS) is 19.5. The number of hydrogen-bond donors (Lipinski definition) is 2. The van der Waals surface area contributed by atoms with Gasteiger partial charge in [-0.3, -0.25) is 4.79 Å². The Morgan fingerprint density at radius 1 is 1.26 bits per heavy atom. The lowest BCUT2D eigenvalue weighted by Crippen LogP contribution is -2.40. The second kappa shape index (κ2) is 6.76. The van der Waals surface area contributed by atoms with Gasteiger partial charge in [0.2, 0.25) is 5.91 Å². The Morgan fingerprint density at radius 2 is 2.04 bits per heavy atom. The van der Waals surface area contributed by atoms with E-state index in [1.165, 1.54) is 0 Å². The number of ether oxygens (including phenoxy) is 2. The molecule has 7 heteroatoms. The minimum Gasteiger partial charge on any atom is -0.486 e. The largest absolute Gasteiger partial charge is 0.486 e. The van der Waals surface area contributed by atoms with Crippen molar-refractivity contribution in [1.29, 1.82) is 0 Å². The number of primary amides is 1. The number of rotatable bonds is 4. The van der Waals surface area contributed by atoms with Crippen LogP contribution in [0.25, 0.3) is 0 Å². The van der Waals surface area contributed by atoms with Crippen LogP contribution in [0.15, 0.2) is 18.2 Å². The number of urea groups is 1. The van der Waals surface area contributed by atoms with Gasteiger partial charge < -0.3 is 25.4 Å². The third-order valence-corrected chi connectivity index (χ3v) is 4.17. The maximum atomic E-state index is 12.1. The highest BCUT2D eigenvalue weighted by Gasteiger charge is 2.29. The van der Waals surface area contributed by atoms with E-state index < -0.39 is 0 Å². The summed E-state index contributed by atoms with van der Waals surface area (Å²) in [6.45, 7) is 2.64. The van der Waals surface area contributed by atoms with Crippen LogP contribution in [0.4, 0.5) is 4.79 Å². The summed E-state index contributed by atoms with van der Waals surface area (Å²) in [5, 5.41) is 2.88. The van der Waals surface area contributed by atoms with E-state index in [-0.39, 0.29) is 17.9 Å². The van der Waals surface area contributed by atoms with Gasteiger partial charge in [-0.25, -0.2) is 4.79 Å². The van der Waals surface area contributed by atoms with E-state index in [0.717, 1.165) is 17.1 Å². The van der Waals surface area contributed by atoms with Crippen molar-refractivity contribution in [3.05, 3.63) is 23.8 Å². The van der Waals surface area contributed by atoms with Crippen LogP contribution in [0, 0.1) is 5.92 Å². The molecule has 0 spiro atoms. The number of fused-ring (bicyclic) bond motifs is 1. The molecule has 23 heavy (non-hydrogen) atoms. The first-order valence-electron chi connectivity index (χ1n) is 7.84. The van der Waals surface area contributed by atoms with Crippen molar-refractivity contribution in [2.24, 2.45) is 11.7 Å². The van der Waals surface area contributed by atoms with Crippen LogP contribution in [0.1, 0.15) is 12.0 Å². The highest BCUT2D eigenvalue weighted by Crippen LogP contribution is 2.30. The minimum absolute atomic E-state index is 0.147. The van der Waals surface area contributed by atoms with Crippen LogP contribution in [-0.2, 0) is 11.2 Å². The van der Waals surface area contributed by atoms with E-state index in [4.69, 9.17) is 15.2 Å². The summed E-state index contributed by atoms with van der Waals surface area (Å²) in [6.07, 6.45) is 1.35. The summed E-state index contributed by atoms with van der Waals surface area (Å²) in [7, 11) is 0. The van der Waals surface area contributed by atoms with E-state index in [0.29, 0.717) is 45.7 Å². The third kappa shape index (κ3) is 3.67. The zero-order valence-corrected chi connectivity index (χ0v) is 12.9. The molecular formula is C16H21N3O4. The molecule has 0 radical (unpaired) electrons. The molecule has 3 rings (SSSR count). The van der Waals surface area contributed by atoms with Crippen molar-refractivity contribution in [3.8, 4) is 11.5 Å². The first kappa shape index (κ1) is 15.5. The summed E-state index contributed by atoms with van der Waals surface area (Å²) in [5.74, 6) is 0.956. The van der Waals surface area contributed by atoms with Crippen LogP contribution < -0.4 is 20.5 Å². The smallest absolute Gasteiger partial charge is 0.317 e. The molecule has 1 aromatic rings. The molecule has 0 saturated carbocycles. The molecule has 2 heterocycles. The van der Waals surface area contributed by atoms with Gasteiger partial charge in [0.1, 0.15) is 13.2 Å². The van der Waals surface area contributed by atoms with Crippen LogP contribution >= 0.6 is 0 Å². The van der Waals surface area contributed by atoms with E-state index in [1.54, 1.807) is 4.90 Å². The van der Waals surface area contributed by atoms with E-state index in [1.807, 2.05) is 18.2 Å². The quantitative estimate of drug-likeness (QED) is 0.846. The first-order chi connectivity index (χ1) is 11.1. The number of hydrogen-bond acceptors (Lipinski definition) is 4. The molecule has 3 amide bonds. The van der Waals surface area contributed by atoms with Gasteiger partial charge in [-0.1, -0.05) is 6.07 Å². The van der Waals surface area contributed by atoms with Gasteiger partial charge in [0.25, 0.3) is 0 Å². The van der Waals surface area contributed by atoms with Gasteiger partial charge in [-0.05, 0) is 30.5 Å². The molecule has 1 unspecified atom stereocenters. The second-order valence-corrected chi connectivity index (χ2v) is 5.79. The fourth-order valence-corrected chi connectivity index (χ4v) is 2.85. The van der Waals surface area contributed by atoms with Crippen molar-refractivity contribution in [2.75, 3.05) is 32.8 Å². The predicted octanol–water partition coefficient (Wildman–Crippen LogP) is 0.517. The Kier molecular flexibility index (Phi) is 4.55. The zero-order chi connectivity index (χ0) is 16.2. The van der Waals surface area contributed by atoms with Crippen molar-refractivity contribution >= 4 is 11.9 Å². The number of nitrogens with zero attached hydrogens (tertiary/aromatic N) is 1. The van der Waals surface area contributed by atoms with Crippen molar-refractivity contribution in [1.82, 2.24) is 10.2 Å². The molecule has 0 aromatic heterocycles. The molecule has 2 aliphatic rings. The molecule has 0 bridgehead atoms. The summed E-state index contributed by atoms with van der Waals surface area (Å²) in [5.41, 5.74) is 6.35. The number of carbonyl (C=O) groups excluding carboxylic acids is 2. The van der Waals surface area contributed by atoms with E-state index in [9.17, 15) is 9.59 Å². The van der Waals surface area contributed by atoms with Crippen molar-refractivity contribution < 1.29 is 19.1 Å².